The Labute approximate surface area is 176 Å². The molecule has 0 saturated heterocycles. The molecule has 0 aromatic heterocycles. The highest BCUT2D eigenvalue weighted by molar-refractivity contribution is 6.04. The molecule has 150 valence electrons. The smallest absolute Gasteiger partial charge is 0.255 e. The highest BCUT2D eigenvalue weighted by atomic mass is 16.5. The monoisotopic (exact) mass is 397 g/mol. The Morgan fingerprint density at radius 3 is 2.47 bits per heavy atom. The predicted octanol–water partition coefficient (Wildman–Crippen LogP) is 5.99. The lowest BCUT2D eigenvalue weighted by Crippen LogP contribution is -2.13. The van der Waals surface area contributed by atoms with Crippen molar-refractivity contribution >= 4 is 22.4 Å². The SMILES string of the molecule is COc1ccc(C(=O)Nc2ccccc2C)cc1COc1cccc2ccccc12. The molecule has 0 spiro atoms. The van der Waals surface area contributed by atoms with Gasteiger partial charge in [-0.15, -0.1) is 0 Å². The van der Waals surface area contributed by atoms with Crippen molar-refractivity contribution in [2.45, 2.75) is 13.5 Å². The van der Waals surface area contributed by atoms with E-state index in [2.05, 4.69) is 17.4 Å². The van der Waals surface area contributed by atoms with Gasteiger partial charge in [0.25, 0.3) is 5.91 Å². The van der Waals surface area contributed by atoms with Gasteiger partial charge in [0, 0.05) is 22.2 Å². The lowest BCUT2D eigenvalue weighted by Gasteiger charge is -2.14. The number of carbonyl (C=O) groups is 1. The van der Waals surface area contributed by atoms with Crippen LogP contribution in [0.5, 0.6) is 11.5 Å². The molecule has 0 fully saturated rings. The van der Waals surface area contributed by atoms with E-state index in [-0.39, 0.29) is 5.91 Å². The fourth-order valence-electron chi connectivity index (χ4n) is 3.42. The molecule has 0 atom stereocenters. The molecule has 4 rings (SSSR count). The Bertz CT molecular complexity index is 1190. The Hall–Kier alpha value is -3.79. The molecule has 4 heteroatoms. The van der Waals surface area contributed by atoms with Crippen molar-refractivity contribution in [3.8, 4) is 11.5 Å². The van der Waals surface area contributed by atoms with Gasteiger partial charge in [-0.2, -0.15) is 0 Å². The van der Waals surface area contributed by atoms with Gasteiger partial charge in [0.15, 0.2) is 0 Å². The molecule has 1 amide bonds. The minimum atomic E-state index is -0.168. The van der Waals surface area contributed by atoms with Crippen LogP contribution in [-0.2, 0) is 6.61 Å². The predicted molar refractivity (Wildman–Crippen MR) is 120 cm³/mol. The number of amides is 1. The first kappa shape index (κ1) is 19.5. The van der Waals surface area contributed by atoms with Gasteiger partial charge >= 0.3 is 0 Å². The lowest BCUT2D eigenvalue weighted by molar-refractivity contribution is 0.102. The maximum atomic E-state index is 12.8. The number of ether oxygens (including phenoxy) is 2. The van der Waals surface area contributed by atoms with Crippen molar-refractivity contribution in [3.63, 3.8) is 0 Å². The topological polar surface area (TPSA) is 47.6 Å². The minimum absolute atomic E-state index is 0.168. The van der Waals surface area contributed by atoms with Crippen molar-refractivity contribution in [3.05, 3.63) is 102 Å². The van der Waals surface area contributed by atoms with E-state index in [0.717, 1.165) is 33.3 Å². The molecule has 0 unspecified atom stereocenters. The molecule has 4 aromatic carbocycles. The van der Waals surface area contributed by atoms with Gasteiger partial charge in [-0.1, -0.05) is 54.6 Å². The standard InChI is InChI=1S/C26H23NO3/c1-18-8-3-6-12-23(18)27-26(28)20-14-15-24(29-2)21(16-20)17-30-25-13-7-10-19-9-4-5-11-22(19)25/h3-16H,17H2,1-2H3,(H,27,28). The van der Waals surface area contributed by atoms with Crippen molar-refractivity contribution in [1.29, 1.82) is 0 Å². The number of nitrogens with one attached hydrogen (secondary N) is 1. The molecule has 0 saturated carbocycles. The number of fused-ring (bicyclic) bond motifs is 1. The van der Waals surface area contributed by atoms with E-state index in [9.17, 15) is 4.79 Å². The first-order chi connectivity index (χ1) is 14.7. The molecule has 0 aliphatic carbocycles. The zero-order chi connectivity index (χ0) is 20.9. The minimum Gasteiger partial charge on any atom is -0.496 e. The number of carbonyl (C=O) groups excluding carboxylic acids is 1. The van der Waals surface area contributed by atoms with Gasteiger partial charge in [-0.3, -0.25) is 4.79 Å². The maximum Gasteiger partial charge on any atom is 0.255 e. The number of hydrogen-bond acceptors (Lipinski definition) is 3. The second-order valence-corrected chi connectivity index (χ2v) is 7.06. The summed E-state index contributed by atoms with van der Waals surface area (Å²) < 4.78 is 11.6. The van der Waals surface area contributed by atoms with Gasteiger partial charge in [-0.25, -0.2) is 0 Å². The average molecular weight is 397 g/mol. The van der Waals surface area contributed by atoms with Gasteiger partial charge in [-0.05, 0) is 48.2 Å². The zero-order valence-electron chi connectivity index (χ0n) is 17.0. The number of aryl methyl sites for hydroxylation is 1. The van der Waals surface area contributed by atoms with E-state index in [1.807, 2.05) is 67.6 Å². The summed E-state index contributed by atoms with van der Waals surface area (Å²) in [5.74, 6) is 1.31. The number of para-hydroxylation sites is 1. The molecule has 4 aromatic rings. The third-order valence-electron chi connectivity index (χ3n) is 5.07. The van der Waals surface area contributed by atoms with Crippen LogP contribution in [0.3, 0.4) is 0 Å². The third kappa shape index (κ3) is 4.13. The molecule has 1 N–H and O–H groups in total. The zero-order valence-corrected chi connectivity index (χ0v) is 17.0. The van der Waals surface area contributed by atoms with Crippen LogP contribution in [0.2, 0.25) is 0 Å². The van der Waals surface area contributed by atoms with Crippen LogP contribution in [0, 0.1) is 6.92 Å². The van der Waals surface area contributed by atoms with Gasteiger partial charge < -0.3 is 14.8 Å². The molecular weight excluding hydrogens is 374 g/mol. The normalized spacial score (nSPS) is 10.6. The molecule has 4 nitrogen and oxygen atoms in total. The summed E-state index contributed by atoms with van der Waals surface area (Å²) >= 11 is 0. The summed E-state index contributed by atoms with van der Waals surface area (Å²) in [7, 11) is 1.61. The van der Waals surface area contributed by atoms with Crippen LogP contribution in [0.15, 0.2) is 84.9 Å². The fourth-order valence-corrected chi connectivity index (χ4v) is 3.42. The van der Waals surface area contributed by atoms with Crippen LogP contribution in [-0.4, -0.2) is 13.0 Å². The van der Waals surface area contributed by atoms with E-state index in [0.29, 0.717) is 17.9 Å². The van der Waals surface area contributed by atoms with Crippen LogP contribution in [0.25, 0.3) is 10.8 Å². The Morgan fingerprint density at radius 2 is 1.63 bits per heavy atom. The Balaban J connectivity index is 1.57. The largest absolute Gasteiger partial charge is 0.496 e. The highest BCUT2D eigenvalue weighted by Crippen LogP contribution is 2.28. The molecule has 0 aliphatic rings. The van der Waals surface area contributed by atoms with E-state index in [1.54, 1.807) is 19.2 Å². The summed E-state index contributed by atoms with van der Waals surface area (Å²) in [5.41, 5.74) is 3.17. The first-order valence-corrected chi connectivity index (χ1v) is 9.80. The van der Waals surface area contributed by atoms with E-state index < -0.39 is 0 Å². The van der Waals surface area contributed by atoms with Crippen LogP contribution in [0.1, 0.15) is 21.5 Å². The molecule has 0 bridgehead atoms. The number of anilines is 1. The molecular formula is C26H23NO3. The van der Waals surface area contributed by atoms with E-state index in [4.69, 9.17) is 9.47 Å². The maximum absolute atomic E-state index is 12.8. The number of methoxy groups -OCH3 is 1. The van der Waals surface area contributed by atoms with Crippen molar-refractivity contribution in [2.24, 2.45) is 0 Å². The lowest BCUT2D eigenvalue weighted by atomic mass is 10.1. The molecule has 0 radical (unpaired) electrons. The van der Waals surface area contributed by atoms with Crippen LogP contribution in [0.4, 0.5) is 5.69 Å². The summed E-state index contributed by atoms with van der Waals surface area (Å²) in [4.78, 5) is 12.8. The second kappa shape index (κ2) is 8.70. The van der Waals surface area contributed by atoms with Gasteiger partial charge in [0.05, 0.1) is 7.11 Å². The van der Waals surface area contributed by atoms with E-state index >= 15 is 0 Å². The number of rotatable bonds is 6. The average Bonchev–Trinajstić information content (AvgIpc) is 2.79. The highest BCUT2D eigenvalue weighted by Gasteiger charge is 2.13. The molecule has 0 heterocycles. The Morgan fingerprint density at radius 1 is 0.867 bits per heavy atom. The summed E-state index contributed by atoms with van der Waals surface area (Å²) in [6.07, 6.45) is 0. The Kier molecular flexibility index (Phi) is 5.66. The first-order valence-electron chi connectivity index (χ1n) is 9.80. The number of hydrogen-bond donors (Lipinski definition) is 1. The second-order valence-electron chi connectivity index (χ2n) is 7.06. The van der Waals surface area contributed by atoms with Crippen LogP contribution < -0.4 is 14.8 Å². The molecule has 0 aliphatic heterocycles. The van der Waals surface area contributed by atoms with Gasteiger partial charge in [0.2, 0.25) is 0 Å². The van der Waals surface area contributed by atoms with Gasteiger partial charge in [0.1, 0.15) is 18.1 Å². The van der Waals surface area contributed by atoms with Crippen molar-refractivity contribution in [2.75, 3.05) is 12.4 Å². The van der Waals surface area contributed by atoms with Crippen molar-refractivity contribution in [1.82, 2.24) is 0 Å². The van der Waals surface area contributed by atoms with Crippen LogP contribution >= 0.6 is 0 Å². The van der Waals surface area contributed by atoms with E-state index in [1.165, 1.54) is 0 Å². The number of benzene rings is 4. The van der Waals surface area contributed by atoms with Crippen molar-refractivity contribution < 1.29 is 14.3 Å². The third-order valence-corrected chi connectivity index (χ3v) is 5.07. The fraction of sp³-hybridized carbons (Fsp3) is 0.115. The summed E-state index contributed by atoms with van der Waals surface area (Å²) in [6.45, 7) is 2.26. The molecule has 30 heavy (non-hydrogen) atoms. The summed E-state index contributed by atoms with van der Waals surface area (Å²) in [5, 5.41) is 5.14. The summed E-state index contributed by atoms with van der Waals surface area (Å²) in [6, 6.07) is 27.1. The quantitative estimate of drug-likeness (QED) is 0.435.